The lowest BCUT2D eigenvalue weighted by Crippen LogP contribution is -2.50. The molecule has 1 heterocycles. The summed E-state index contributed by atoms with van der Waals surface area (Å²) in [7, 11) is 0. The zero-order valence-electron chi connectivity index (χ0n) is 9.62. The zero-order valence-corrected chi connectivity index (χ0v) is 10.4. The van der Waals surface area contributed by atoms with Crippen molar-refractivity contribution in [3.63, 3.8) is 0 Å². The molecule has 1 fully saturated rings. The topological polar surface area (TPSA) is 30.3 Å². The number of nitrogens with zero attached hydrogens (tertiary/aromatic N) is 3. The second-order valence-corrected chi connectivity index (χ2v) is 4.72. The Balaban J connectivity index is 2.27. The highest BCUT2D eigenvalue weighted by Gasteiger charge is 2.21. The highest BCUT2D eigenvalue weighted by molar-refractivity contribution is 6.22. The molecular weight excluding hydrogens is 210 g/mol. The lowest BCUT2D eigenvalue weighted by atomic mass is 10.2. The molecule has 0 bridgehead atoms. The quantitative estimate of drug-likeness (QED) is 0.685. The summed E-state index contributed by atoms with van der Waals surface area (Å²) in [5.74, 6) is 0. The van der Waals surface area contributed by atoms with Crippen molar-refractivity contribution in [1.82, 2.24) is 9.80 Å². The van der Waals surface area contributed by atoms with E-state index in [2.05, 4.69) is 29.7 Å². The summed E-state index contributed by atoms with van der Waals surface area (Å²) in [6.07, 6.45) is 1.20. The fourth-order valence-corrected chi connectivity index (χ4v) is 2.11. The first-order valence-electron chi connectivity index (χ1n) is 5.67. The van der Waals surface area contributed by atoms with Crippen molar-refractivity contribution in [2.24, 2.45) is 0 Å². The highest BCUT2D eigenvalue weighted by Crippen LogP contribution is 2.09. The van der Waals surface area contributed by atoms with Crippen molar-refractivity contribution in [3.8, 4) is 6.07 Å². The van der Waals surface area contributed by atoms with Gasteiger partial charge in [-0.1, -0.05) is 6.92 Å². The Morgan fingerprint density at radius 2 is 1.93 bits per heavy atom. The number of piperazine rings is 1. The number of hydrogen-bond acceptors (Lipinski definition) is 3. The smallest absolute Gasteiger partial charge is 0.133 e. The molecule has 2 unspecified atom stereocenters. The summed E-state index contributed by atoms with van der Waals surface area (Å²) >= 11 is 5.81. The van der Waals surface area contributed by atoms with E-state index < -0.39 is 0 Å². The summed E-state index contributed by atoms with van der Waals surface area (Å²) in [5, 5.41) is 8.26. The third-order valence-electron chi connectivity index (χ3n) is 3.18. The Hall–Kier alpha value is -0.300. The van der Waals surface area contributed by atoms with Crippen molar-refractivity contribution < 1.29 is 0 Å². The number of alkyl halides is 1. The average Bonchev–Trinajstić information content (AvgIpc) is 2.29. The third-order valence-corrected chi connectivity index (χ3v) is 3.42. The van der Waals surface area contributed by atoms with Crippen LogP contribution in [0.1, 0.15) is 20.3 Å². The maximum atomic E-state index is 8.62. The van der Waals surface area contributed by atoms with Gasteiger partial charge >= 0.3 is 0 Å². The van der Waals surface area contributed by atoms with Crippen LogP contribution in [0.15, 0.2) is 0 Å². The van der Waals surface area contributed by atoms with E-state index in [0.29, 0.717) is 12.6 Å². The number of nitriles is 1. The molecule has 86 valence electrons. The molecule has 0 aromatic rings. The fourth-order valence-electron chi connectivity index (χ4n) is 1.91. The molecule has 0 aromatic carbocycles. The molecule has 3 nitrogen and oxygen atoms in total. The maximum absolute atomic E-state index is 8.62. The minimum atomic E-state index is -0.361. The van der Waals surface area contributed by atoms with Crippen LogP contribution in [0.5, 0.6) is 0 Å². The van der Waals surface area contributed by atoms with Gasteiger partial charge in [-0.05, 0) is 13.3 Å². The SMILES string of the molecule is CCC(C)N1CCN(CC(Cl)C#N)CC1. The molecule has 0 aliphatic carbocycles. The molecule has 0 amide bonds. The normalized spacial score (nSPS) is 23.3. The number of rotatable bonds is 4. The van der Waals surface area contributed by atoms with E-state index in [1.54, 1.807) is 0 Å². The van der Waals surface area contributed by atoms with Gasteiger partial charge in [-0.25, -0.2) is 0 Å². The van der Waals surface area contributed by atoms with E-state index in [-0.39, 0.29) is 5.38 Å². The monoisotopic (exact) mass is 229 g/mol. The zero-order chi connectivity index (χ0) is 11.3. The van der Waals surface area contributed by atoms with Crippen molar-refractivity contribution >= 4 is 11.6 Å². The number of halogens is 1. The maximum Gasteiger partial charge on any atom is 0.133 e. The predicted molar refractivity (Wildman–Crippen MR) is 63.0 cm³/mol. The van der Waals surface area contributed by atoms with Gasteiger partial charge in [0.15, 0.2) is 0 Å². The van der Waals surface area contributed by atoms with Gasteiger partial charge in [-0.2, -0.15) is 5.26 Å². The standard InChI is InChI=1S/C11H20ClN3/c1-3-10(2)15-6-4-14(5-7-15)9-11(12)8-13/h10-11H,3-7,9H2,1-2H3. The Morgan fingerprint density at radius 1 is 1.33 bits per heavy atom. The van der Waals surface area contributed by atoms with Gasteiger partial charge < -0.3 is 0 Å². The van der Waals surface area contributed by atoms with Crippen LogP contribution >= 0.6 is 11.6 Å². The summed E-state index contributed by atoms with van der Waals surface area (Å²) in [6.45, 7) is 9.47. The summed E-state index contributed by atoms with van der Waals surface area (Å²) < 4.78 is 0. The molecule has 0 spiro atoms. The van der Waals surface area contributed by atoms with Gasteiger partial charge in [0.25, 0.3) is 0 Å². The van der Waals surface area contributed by atoms with Gasteiger partial charge in [0.05, 0.1) is 6.07 Å². The van der Waals surface area contributed by atoms with E-state index in [1.165, 1.54) is 6.42 Å². The summed E-state index contributed by atoms with van der Waals surface area (Å²) in [6, 6.07) is 2.74. The molecule has 0 N–H and O–H groups in total. The van der Waals surface area contributed by atoms with Gasteiger partial charge in [-0.15, -0.1) is 11.6 Å². The van der Waals surface area contributed by atoms with Crippen LogP contribution in [0.25, 0.3) is 0 Å². The van der Waals surface area contributed by atoms with Gasteiger partial charge in [0.1, 0.15) is 5.38 Å². The van der Waals surface area contributed by atoms with Crippen LogP contribution < -0.4 is 0 Å². The fraction of sp³-hybridized carbons (Fsp3) is 0.909. The molecule has 1 saturated heterocycles. The van der Waals surface area contributed by atoms with Gasteiger partial charge in [0, 0.05) is 38.8 Å². The largest absolute Gasteiger partial charge is 0.298 e. The van der Waals surface area contributed by atoms with E-state index in [4.69, 9.17) is 16.9 Å². The lowest BCUT2D eigenvalue weighted by Gasteiger charge is -2.37. The molecule has 1 rings (SSSR count). The minimum absolute atomic E-state index is 0.361. The Bertz CT molecular complexity index is 218. The van der Waals surface area contributed by atoms with Crippen LogP contribution in [0.2, 0.25) is 0 Å². The Kier molecular flexibility index (Phi) is 5.38. The molecule has 1 aliphatic rings. The molecule has 2 atom stereocenters. The Labute approximate surface area is 97.6 Å². The molecule has 4 heteroatoms. The first-order valence-corrected chi connectivity index (χ1v) is 6.11. The van der Waals surface area contributed by atoms with E-state index >= 15 is 0 Å². The van der Waals surface area contributed by atoms with Crippen molar-refractivity contribution in [2.45, 2.75) is 31.7 Å². The second-order valence-electron chi connectivity index (χ2n) is 4.19. The second kappa shape index (κ2) is 6.32. The predicted octanol–water partition coefficient (Wildman–Crippen LogP) is 1.53. The van der Waals surface area contributed by atoms with Crippen molar-refractivity contribution in [1.29, 1.82) is 5.26 Å². The molecule has 1 aliphatic heterocycles. The van der Waals surface area contributed by atoms with E-state index in [9.17, 15) is 0 Å². The van der Waals surface area contributed by atoms with Crippen LogP contribution in [-0.4, -0.2) is 53.9 Å². The lowest BCUT2D eigenvalue weighted by molar-refractivity contribution is 0.103. The van der Waals surface area contributed by atoms with Crippen molar-refractivity contribution in [3.05, 3.63) is 0 Å². The minimum Gasteiger partial charge on any atom is -0.298 e. The van der Waals surface area contributed by atoms with E-state index in [0.717, 1.165) is 26.2 Å². The first-order chi connectivity index (χ1) is 7.17. The molecule has 0 aromatic heterocycles. The molecule has 0 saturated carbocycles. The highest BCUT2D eigenvalue weighted by atomic mass is 35.5. The van der Waals surface area contributed by atoms with Crippen LogP contribution in [0.3, 0.4) is 0 Å². The van der Waals surface area contributed by atoms with Crippen LogP contribution in [0.4, 0.5) is 0 Å². The van der Waals surface area contributed by atoms with Crippen molar-refractivity contribution in [2.75, 3.05) is 32.7 Å². The molecular formula is C11H20ClN3. The summed E-state index contributed by atoms with van der Waals surface area (Å²) in [5.41, 5.74) is 0. The van der Waals surface area contributed by atoms with Gasteiger partial charge in [-0.3, -0.25) is 9.80 Å². The molecule has 15 heavy (non-hydrogen) atoms. The number of hydrogen-bond donors (Lipinski definition) is 0. The van der Waals surface area contributed by atoms with Crippen LogP contribution in [-0.2, 0) is 0 Å². The Morgan fingerprint density at radius 3 is 2.40 bits per heavy atom. The molecule has 0 radical (unpaired) electrons. The van der Waals surface area contributed by atoms with E-state index in [1.807, 2.05) is 0 Å². The van der Waals surface area contributed by atoms with Gasteiger partial charge in [0.2, 0.25) is 0 Å². The first kappa shape index (κ1) is 12.8. The third kappa shape index (κ3) is 3.98. The average molecular weight is 230 g/mol. The van der Waals surface area contributed by atoms with Crippen LogP contribution in [0, 0.1) is 11.3 Å². The summed E-state index contributed by atoms with van der Waals surface area (Å²) in [4.78, 5) is 4.78.